The fourth-order valence-electron chi connectivity index (χ4n) is 1.42. The zero-order valence-corrected chi connectivity index (χ0v) is 7.87. The van der Waals surface area contributed by atoms with Crippen LogP contribution in [-0.2, 0) is 0 Å². The van der Waals surface area contributed by atoms with Gasteiger partial charge in [-0.3, -0.25) is 0 Å². The molecular formula is C8H16NS-. The molecule has 60 valence electrons. The van der Waals surface area contributed by atoms with Crippen molar-refractivity contribution < 1.29 is 0 Å². The largest absolute Gasteiger partial charge is 0.662 e. The summed E-state index contributed by atoms with van der Waals surface area (Å²) < 4.78 is 0.475. The molecule has 2 heteroatoms. The van der Waals surface area contributed by atoms with Crippen LogP contribution in [0.25, 0.3) is 5.32 Å². The minimum atomic E-state index is 0.475. The van der Waals surface area contributed by atoms with Gasteiger partial charge in [0.15, 0.2) is 0 Å². The quantitative estimate of drug-likeness (QED) is 0.572. The van der Waals surface area contributed by atoms with E-state index in [0.29, 0.717) is 10.8 Å². The van der Waals surface area contributed by atoms with Crippen molar-refractivity contribution in [2.24, 2.45) is 0 Å². The summed E-state index contributed by atoms with van der Waals surface area (Å²) in [5.41, 5.74) is 0. The number of nitrogens with zero attached hydrogens (tertiary/aromatic N) is 1. The van der Waals surface area contributed by atoms with Crippen LogP contribution in [-0.4, -0.2) is 23.6 Å². The minimum absolute atomic E-state index is 0.475. The summed E-state index contributed by atoms with van der Waals surface area (Å²) in [5.74, 6) is 1.29. The van der Waals surface area contributed by atoms with Gasteiger partial charge in [-0.2, -0.15) is 18.8 Å². The van der Waals surface area contributed by atoms with Crippen LogP contribution in [0, 0.1) is 0 Å². The third kappa shape index (κ3) is 2.17. The average Bonchev–Trinajstić information content (AvgIpc) is 1.86. The van der Waals surface area contributed by atoms with Gasteiger partial charge in [0.05, 0.1) is 0 Å². The van der Waals surface area contributed by atoms with E-state index in [1.807, 2.05) is 7.05 Å². The van der Waals surface area contributed by atoms with E-state index in [4.69, 9.17) is 0 Å². The fourth-order valence-corrected chi connectivity index (χ4v) is 2.67. The SMILES string of the molecule is C[N-]C1CCSC(C)(C)C1. The lowest BCUT2D eigenvalue weighted by atomic mass is 10.0. The van der Waals surface area contributed by atoms with Gasteiger partial charge in [-0.25, -0.2) is 0 Å². The van der Waals surface area contributed by atoms with Crippen molar-refractivity contribution in [2.45, 2.75) is 37.5 Å². The Kier molecular flexibility index (Phi) is 2.64. The van der Waals surface area contributed by atoms with Gasteiger partial charge >= 0.3 is 0 Å². The number of hydrogen-bond donors (Lipinski definition) is 0. The number of thioether (sulfide) groups is 1. The van der Waals surface area contributed by atoms with Crippen molar-refractivity contribution in [1.29, 1.82) is 0 Å². The number of hydrogen-bond acceptors (Lipinski definition) is 1. The maximum absolute atomic E-state index is 4.33. The average molecular weight is 158 g/mol. The van der Waals surface area contributed by atoms with Crippen molar-refractivity contribution in [2.75, 3.05) is 12.8 Å². The van der Waals surface area contributed by atoms with E-state index in [9.17, 15) is 0 Å². The predicted octanol–water partition coefficient (Wildman–Crippen LogP) is 2.66. The molecule has 0 N–H and O–H groups in total. The van der Waals surface area contributed by atoms with Crippen LogP contribution in [0.5, 0.6) is 0 Å². The molecule has 0 aliphatic carbocycles. The van der Waals surface area contributed by atoms with E-state index in [0.717, 1.165) is 0 Å². The molecule has 1 unspecified atom stereocenters. The fraction of sp³-hybridized carbons (Fsp3) is 1.00. The van der Waals surface area contributed by atoms with Gasteiger partial charge in [-0.15, -0.1) is 6.04 Å². The lowest BCUT2D eigenvalue weighted by molar-refractivity contribution is 0.536. The zero-order valence-electron chi connectivity index (χ0n) is 7.05. The minimum Gasteiger partial charge on any atom is -0.662 e. The highest BCUT2D eigenvalue weighted by Crippen LogP contribution is 2.37. The molecule has 0 amide bonds. The molecule has 1 nitrogen and oxygen atoms in total. The number of rotatable bonds is 1. The Bertz CT molecular complexity index is 112. The highest BCUT2D eigenvalue weighted by Gasteiger charge is 2.23. The van der Waals surface area contributed by atoms with Crippen molar-refractivity contribution in [1.82, 2.24) is 0 Å². The Hall–Kier alpha value is 0.310. The Balaban J connectivity index is 2.40. The first-order valence-electron chi connectivity index (χ1n) is 3.87. The summed E-state index contributed by atoms with van der Waals surface area (Å²) in [6.45, 7) is 4.63. The highest BCUT2D eigenvalue weighted by molar-refractivity contribution is 8.00. The summed E-state index contributed by atoms with van der Waals surface area (Å²) >= 11 is 2.08. The van der Waals surface area contributed by atoms with Crippen LogP contribution in [0.4, 0.5) is 0 Å². The first kappa shape index (κ1) is 8.41. The molecule has 10 heavy (non-hydrogen) atoms. The van der Waals surface area contributed by atoms with E-state index in [2.05, 4.69) is 30.9 Å². The van der Waals surface area contributed by atoms with Gasteiger partial charge in [0.2, 0.25) is 0 Å². The molecule has 1 aliphatic rings. The topological polar surface area (TPSA) is 14.1 Å². The standard InChI is InChI=1S/C8H16NS/c1-8(2)6-7(9-3)4-5-10-8/h7H,4-6H2,1-3H3/q-1. The molecule has 0 aromatic carbocycles. The lowest BCUT2D eigenvalue weighted by Gasteiger charge is -2.40. The normalized spacial score (nSPS) is 32.1. The third-order valence-electron chi connectivity index (χ3n) is 2.04. The third-order valence-corrected chi connectivity index (χ3v) is 3.42. The highest BCUT2D eigenvalue weighted by atomic mass is 32.2. The van der Waals surface area contributed by atoms with Crippen molar-refractivity contribution >= 4 is 11.8 Å². The first-order chi connectivity index (χ1) is 4.64. The van der Waals surface area contributed by atoms with E-state index < -0.39 is 0 Å². The van der Waals surface area contributed by atoms with Crippen molar-refractivity contribution in [3.8, 4) is 0 Å². The second-order valence-corrected chi connectivity index (χ2v) is 5.32. The van der Waals surface area contributed by atoms with Gasteiger partial charge in [0.1, 0.15) is 0 Å². The van der Waals surface area contributed by atoms with Crippen molar-refractivity contribution in [3.05, 3.63) is 5.32 Å². The predicted molar refractivity (Wildman–Crippen MR) is 48.8 cm³/mol. The Morgan fingerprint density at radius 1 is 1.50 bits per heavy atom. The first-order valence-corrected chi connectivity index (χ1v) is 4.85. The smallest absolute Gasteiger partial charge is 0.00894 e. The Morgan fingerprint density at radius 2 is 2.20 bits per heavy atom. The Morgan fingerprint density at radius 3 is 2.60 bits per heavy atom. The summed E-state index contributed by atoms with van der Waals surface area (Å²) in [6.07, 6.45) is 2.54. The lowest BCUT2D eigenvalue weighted by Crippen LogP contribution is -2.28. The van der Waals surface area contributed by atoms with Gasteiger partial charge in [-0.1, -0.05) is 26.7 Å². The van der Waals surface area contributed by atoms with E-state index >= 15 is 0 Å². The molecule has 0 bridgehead atoms. The second-order valence-electron chi connectivity index (χ2n) is 3.51. The Labute approximate surface area is 68.0 Å². The van der Waals surface area contributed by atoms with Gasteiger partial charge < -0.3 is 5.32 Å². The summed E-state index contributed by atoms with van der Waals surface area (Å²) in [7, 11) is 1.94. The summed E-state index contributed by atoms with van der Waals surface area (Å²) in [5, 5.41) is 4.33. The molecule has 1 saturated heterocycles. The molecule has 1 heterocycles. The maximum Gasteiger partial charge on any atom is 0.00894 e. The molecule has 0 spiro atoms. The zero-order chi connectivity index (χ0) is 7.61. The van der Waals surface area contributed by atoms with Crippen LogP contribution < -0.4 is 0 Å². The summed E-state index contributed by atoms with van der Waals surface area (Å²) in [4.78, 5) is 0. The van der Waals surface area contributed by atoms with Gasteiger partial charge in [-0.05, 0) is 5.75 Å². The second kappa shape index (κ2) is 3.14. The van der Waals surface area contributed by atoms with E-state index in [1.54, 1.807) is 0 Å². The molecule has 1 atom stereocenters. The molecule has 0 aromatic heterocycles. The molecule has 1 fully saturated rings. The van der Waals surface area contributed by atoms with Gasteiger partial charge in [0.25, 0.3) is 0 Å². The van der Waals surface area contributed by atoms with Crippen LogP contribution >= 0.6 is 11.8 Å². The van der Waals surface area contributed by atoms with Gasteiger partial charge in [0, 0.05) is 4.75 Å². The van der Waals surface area contributed by atoms with Crippen LogP contribution in [0.1, 0.15) is 26.7 Å². The monoisotopic (exact) mass is 158 g/mol. The molecule has 1 aliphatic heterocycles. The van der Waals surface area contributed by atoms with Crippen LogP contribution in [0.3, 0.4) is 0 Å². The van der Waals surface area contributed by atoms with Crippen molar-refractivity contribution in [3.63, 3.8) is 0 Å². The van der Waals surface area contributed by atoms with Crippen LogP contribution in [0.15, 0.2) is 0 Å². The van der Waals surface area contributed by atoms with E-state index in [-0.39, 0.29) is 0 Å². The molecule has 0 saturated carbocycles. The van der Waals surface area contributed by atoms with Crippen LogP contribution in [0.2, 0.25) is 0 Å². The molecule has 0 aromatic rings. The van der Waals surface area contributed by atoms with E-state index in [1.165, 1.54) is 18.6 Å². The molecule has 0 radical (unpaired) electrons. The summed E-state index contributed by atoms with van der Waals surface area (Å²) in [6, 6.07) is 0.635. The molecule has 1 rings (SSSR count). The maximum atomic E-state index is 4.33. The molecular weight excluding hydrogens is 142 g/mol.